The first-order chi connectivity index (χ1) is 10.1. The van der Waals surface area contributed by atoms with Gasteiger partial charge in [-0.25, -0.2) is 0 Å². The molecule has 0 N–H and O–H groups in total. The number of rotatable bonds is 13. The van der Waals surface area contributed by atoms with Crippen molar-refractivity contribution in [1.82, 2.24) is 0 Å². The van der Waals surface area contributed by atoms with Gasteiger partial charge in [0.2, 0.25) is 0 Å². The van der Waals surface area contributed by atoms with E-state index in [0.717, 1.165) is 19.3 Å². The van der Waals surface area contributed by atoms with Crippen molar-refractivity contribution >= 4 is 11.9 Å². The Labute approximate surface area is 129 Å². The van der Waals surface area contributed by atoms with Gasteiger partial charge in [0.1, 0.15) is 0 Å². The van der Waals surface area contributed by atoms with Crippen LogP contribution in [-0.2, 0) is 19.1 Å². The predicted octanol–water partition coefficient (Wildman–Crippen LogP) is 4.26. The summed E-state index contributed by atoms with van der Waals surface area (Å²) in [6, 6.07) is 0. The van der Waals surface area contributed by atoms with Crippen LogP contribution in [0, 0.1) is 5.92 Å². The third-order valence-corrected chi connectivity index (χ3v) is 3.50. The smallest absolute Gasteiger partial charge is 0.305 e. The molecule has 1 unspecified atom stereocenters. The van der Waals surface area contributed by atoms with E-state index in [0.29, 0.717) is 44.8 Å². The summed E-state index contributed by atoms with van der Waals surface area (Å²) in [5.74, 6) is 0.0966. The second-order valence-corrected chi connectivity index (χ2v) is 5.68. The van der Waals surface area contributed by atoms with Crippen LogP contribution < -0.4 is 0 Å². The van der Waals surface area contributed by atoms with Crippen molar-refractivity contribution in [3.8, 4) is 0 Å². The van der Waals surface area contributed by atoms with Crippen LogP contribution in [0.2, 0.25) is 0 Å². The highest BCUT2D eigenvalue weighted by molar-refractivity contribution is 5.70. The van der Waals surface area contributed by atoms with Crippen molar-refractivity contribution in [2.45, 2.75) is 78.6 Å². The molecule has 0 saturated carbocycles. The molecule has 0 spiro atoms. The molecule has 21 heavy (non-hydrogen) atoms. The third-order valence-electron chi connectivity index (χ3n) is 3.50. The first-order valence-electron chi connectivity index (χ1n) is 8.41. The molecule has 1 atom stereocenters. The number of ether oxygens (including phenoxy) is 2. The summed E-state index contributed by atoms with van der Waals surface area (Å²) in [5.41, 5.74) is 0. The van der Waals surface area contributed by atoms with Crippen molar-refractivity contribution in [3.63, 3.8) is 0 Å². The first-order valence-corrected chi connectivity index (χ1v) is 8.41. The van der Waals surface area contributed by atoms with Crippen molar-refractivity contribution in [3.05, 3.63) is 0 Å². The highest BCUT2D eigenvalue weighted by atomic mass is 16.5. The van der Waals surface area contributed by atoms with Crippen LogP contribution in [-0.4, -0.2) is 25.2 Å². The fourth-order valence-corrected chi connectivity index (χ4v) is 1.75. The van der Waals surface area contributed by atoms with Crippen molar-refractivity contribution in [2.24, 2.45) is 5.92 Å². The third kappa shape index (κ3) is 13.7. The Bertz CT molecular complexity index is 276. The second kappa shape index (κ2) is 13.9. The van der Waals surface area contributed by atoms with E-state index in [4.69, 9.17) is 9.47 Å². The molecule has 0 rings (SSSR count). The van der Waals surface area contributed by atoms with Gasteiger partial charge in [-0.15, -0.1) is 0 Å². The normalized spacial score (nSPS) is 12.0. The monoisotopic (exact) mass is 300 g/mol. The molecule has 0 heterocycles. The molecule has 0 aliphatic carbocycles. The van der Waals surface area contributed by atoms with E-state index >= 15 is 0 Å². The van der Waals surface area contributed by atoms with Gasteiger partial charge in [-0.1, -0.05) is 46.5 Å². The van der Waals surface area contributed by atoms with Crippen LogP contribution in [0.15, 0.2) is 0 Å². The fourth-order valence-electron chi connectivity index (χ4n) is 1.75. The summed E-state index contributed by atoms with van der Waals surface area (Å²) >= 11 is 0. The highest BCUT2D eigenvalue weighted by Crippen LogP contribution is 2.06. The number of unbranched alkanes of at least 4 members (excludes halogenated alkanes) is 4. The van der Waals surface area contributed by atoms with Crippen molar-refractivity contribution < 1.29 is 19.1 Å². The molecule has 0 amide bonds. The quantitative estimate of drug-likeness (QED) is 0.377. The SMILES string of the molecule is CCCCCCOC(=O)CCCCC(=O)OCC(C)CC. The lowest BCUT2D eigenvalue weighted by Gasteiger charge is -2.09. The Morgan fingerprint density at radius 1 is 0.857 bits per heavy atom. The summed E-state index contributed by atoms with van der Waals surface area (Å²) in [4.78, 5) is 22.9. The number of esters is 2. The topological polar surface area (TPSA) is 52.6 Å². The number of hydrogen-bond donors (Lipinski definition) is 0. The van der Waals surface area contributed by atoms with E-state index < -0.39 is 0 Å². The van der Waals surface area contributed by atoms with E-state index in [1.54, 1.807) is 0 Å². The molecule has 0 aliphatic rings. The zero-order chi connectivity index (χ0) is 15.9. The number of carbonyl (C=O) groups excluding carboxylic acids is 2. The molecule has 0 aromatic carbocycles. The molecule has 0 aromatic rings. The van der Waals surface area contributed by atoms with Gasteiger partial charge in [0.15, 0.2) is 0 Å². The maximum atomic E-state index is 11.4. The molecule has 4 nitrogen and oxygen atoms in total. The zero-order valence-corrected chi connectivity index (χ0v) is 14.0. The van der Waals surface area contributed by atoms with Gasteiger partial charge in [-0.2, -0.15) is 0 Å². The second-order valence-electron chi connectivity index (χ2n) is 5.68. The minimum Gasteiger partial charge on any atom is -0.466 e. The Balaban J connectivity index is 3.40. The highest BCUT2D eigenvalue weighted by Gasteiger charge is 2.07. The minimum atomic E-state index is -0.164. The van der Waals surface area contributed by atoms with E-state index in [2.05, 4.69) is 20.8 Å². The molecule has 0 aromatic heterocycles. The lowest BCUT2D eigenvalue weighted by Crippen LogP contribution is -2.11. The molecule has 4 heteroatoms. The van der Waals surface area contributed by atoms with Crippen LogP contribution in [0.5, 0.6) is 0 Å². The maximum absolute atomic E-state index is 11.4. The molecule has 0 radical (unpaired) electrons. The Kier molecular flexibility index (Phi) is 13.2. The molecule has 0 aliphatic heterocycles. The number of carbonyl (C=O) groups is 2. The summed E-state index contributed by atoms with van der Waals surface area (Å²) in [7, 11) is 0. The van der Waals surface area contributed by atoms with Gasteiger partial charge in [-0.3, -0.25) is 9.59 Å². The first kappa shape index (κ1) is 19.9. The van der Waals surface area contributed by atoms with Gasteiger partial charge in [0, 0.05) is 12.8 Å². The Hall–Kier alpha value is -1.06. The largest absolute Gasteiger partial charge is 0.466 e. The maximum Gasteiger partial charge on any atom is 0.305 e. The van der Waals surface area contributed by atoms with Crippen LogP contribution in [0.25, 0.3) is 0 Å². The van der Waals surface area contributed by atoms with Crippen LogP contribution >= 0.6 is 0 Å². The summed E-state index contributed by atoms with van der Waals surface area (Å²) in [5, 5.41) is 0. The van der Waals surface area contributed by atoms with Crippen LogP contribution in [0.1, 0.15) is 78.6 Å². The molecule has 0 saturated heterocycles. The predicted molar refractivity (Wildman–Crippen MR) is 84.0 cm³/mol. The zero-order valence-electron chi connectivity index (χ0n) is 14.0. The Morgan fingerprint density at radius 2 is 1.48 bits per heavy atom. The lowest BCUT2D eigenvalue weighted by atomic mass is 10.1. The van der Waals surface area contributed by atoms with Crippen LogP contribution in [0.4, 0.5) is 0 Å². The summed E-state index contributed by atoms with van der Waals surface area (Å²) in [6.45, 7) is 7.31. The van der Waals surface area contributed by atoms with Gasteiger partial charge >= 0.3 is 11.9 Å². The van der Waals surface area contributed by atoms with E-state index in [1.165, 1.54) is 12.8 Å². The standard InChI is InChI=1S/C17H32O4/c1-4-6-7-10-13-20-16(18)11-8-9-12-17(19)21-14-15(3)5-2/h15H,4-14H2,1-3H3. The molecular weight excluding hydrogens is 268 g/mol. The summed E-state index contributed by atoms with van der Waals surface area (Å²) in [6.07, 6.45) is 7.60. The van der Waals surface area contributed by atoms with E-state index in [9.17, 15) is 9.59 Å². The minimum absolute atomic E-state index is 0.153. The molecule has 124 valence electrons. The molecule has 0 bridgehead atoms. The lowest BCUT2D eigenvalue weighted by molar-refractivity contribution is -0.146. The number of hydrogen-bond acceptors (Lipinski definition) is 4. The van der Waals surface area contributed by atoms with Gasteiger partial charge in [-0.05, 0) is 25.2 Å². The summed E-state index contributed by atoms with van der Waals surface area (Å²) < 4.78 is 10.3. The van der Waals surface area contributed by atoms with Crippen LogP contribution in [0.3, 0.4) is 0 Å². The average molecular weight is 300 g/mol. The van der Waals surface area contributed by atoms with Gasteiger partial charge < -0.3 is 9.47 Å². The Morgan fingerprint density at radius 3 is 2.05 bits per heavy atom. The van der Waals surface area contributed by atoms with E-state index in [-0.39, 0.29) is 11.9 Å². The van der Waals surface area contributed by atoms with Crippen molar-refractivity contribution in [2.75, 3.05) is 13.2 Å². The van der Waals surface area contributed by atoms with Gasteiger partial charge in [0.25, 0.3) is 0 Å². The average Bonchev–Trinajstić information content (AvgIpc) is 2.48. The van der Waals surface area contributed by atoms with Gasteiger partial charge in [0.05, 0.1) is 13.2 Å². The fraction of sp³-hybridized carbons (Fsp3) is 0.882. The molecule has 0 fully saturated rings. The molecular formula is C17H32O4. The van der Waals surface area contributed by atoms with E-state index in [1.807, 2.05) is 0 Å². The van der Waals surface area contributed by atoms with Crippen molar-refractivity contribution in [1.29, 1.82) is 0 Å².